The van der Waals surface area contributed by atoms with Crippen LogP contribution in [0.4, 0.5) is 13.2 Å². The first-order valence-electron chi connectivity index (χ1n) is 14.7. The first kappa shape index (κ1) is 27.6. The molecule has 3 aliphatic carbocycles. The molecule has 2 N–H and O–H groups in total. The summed E-state index contributed by atoms with van der Waals surface area (Å²) in [6.07, 6.45) is 1.72. The average Bonchev–Trinajstić information content (AvgIpc) is 3.66. The lowest BCUT2D eigenvalue weighted by Gasteiger charge is -2.66. The van der Waals surface area contributed by atoms with E-state index < -0.39 is 29.5 Å². The van der Waals surface area contributed by atoms with Crippen LogP contribution in [0.3, 0.4) is 0 Å². The second kappa shape index (κ2) is 9.38. The standard InChI is InChI=1S/C32H35F3N2O5/c1-18-16-31(40)24-15-21-9-10-23(38)28-26(21)30(31,12-13-37(24)17-20-6-7-20)29(41-28)27(18)36(2)25(39)11-8-19-4-3-5-22(14-19)42-32(33,34)35/h3-5,8-11,14,18,20,24,27,29,38,40H,6-7,12-13,15-17H2,1-2H3/t18-,24-,27-,29+,30+,31-/m1/s1. The van der Waals surface area contributed by atoms with Gasteiger partial charge in [0.2, 0.25) is 5.91 Å². The molecule has 7 rings (SSSR count). The molecule has 0 aromatic heterocycles. The second-order valence-electron chi connectivity index (χ2n) is 12.9. The molecule has 2 aromatic carbocycles. The number of alkyl halides is 3. The number of carbonyl (C=O) groups excluding carboxylic acids is 1. The Balaban J connectivity index is 1.21. The Labute approximate surface area is 242 Å². The fraction of sp³-hybridized carbons (Fsp3) is 0.531. The molecule has 2 aromatic rings. The number of benzene rings is 2. The number of ether oxygens (including phenoxy) is 2. The maximum Gasteiger partial charge on any atom is 0.573 e. The van der Waals surface area contributed by atoms with Crippen LogP contribution in [-0.4, -0.2) is 76.2 Å². The predicted molar refractivity (Wildman–Crippen MR) is 148 cm³/mol. The van der Waals surface area contributed by atoms with Gasteiger partial charge in [0.15, 0.2) is 11.5 Å². The van der Waals surface area contributed by atoms with E-state index in [1.165, 1.54) is 43.2 Å². The summed E-state index contributed by atoms with van der Waals surface area (Å²) in [5, 5.41) is 23.6. The highest BCUT2D eigenvalue weighted by atomic mass is 19.4. The van der Waals surface area contributed by atoms with Crippen LogP contribution in [0.15, 0.2) is 42.5 Å². The number of halogens is 3. The van der Waals surface area contributed by atoms with E-state index in [2.05, 4.69) is 9.64 Å². The van der Waals surface area contributed by atoms with E-state index in [0.29, 0.717) is 36.5 Å². The van der Waals surface area contributed by atoms with E-state index in [-0.39, 0.29) is 29.4 Å². The summed E-state index contributed by atoms with van der Waals surface area (Å²) in [4.78, 5) is 17.6. The van der Waals surface area contributed by atoms with Gasteiger partial charge < -0.3 is 24.6 Å². The van der Waals surface area contributed by atoms with Gasteiger partial charge in [0.1, 0.15) is 11.9 Å². The zero-order chi connectivity index (χ0) is 29.6. The van der Waals surface area contributed by atoms with Gasteiger partial charge in [0.05, 0.1) is 17.1 Å². The summed E-state index contributed by atoms with van der Waals surface area (Å²) >= 11 is 0. The molecule has 10 heteroatoms. The van der Waals surface area contributed by atoms with Crippen molar-refractivity contribution in [2.24, 2.45) is 11.8 Å². The van der Waals surface area contributed by atoms with Crippen LogP contribution < -0.4 is 9.47 Å². The number of piperidine rings is 1. The van der Waals surface area contributed by atoms with Crippen molar-refractivity contribution in [3.8, 4) is 17.2 Å². The maximum atomic E-state index is 13.5. The van der Waals surface area contributed by atoms with E-state index in [0.717, 1.165) is 24.2 Å². The number of rotatable bonds is 6. The molecule has 2 bridgehead atoms. The molecule has 0 unspecified atom stereocenters. The molecule has 5 aliphatic rings. The smallest absolute Gasteiger partial charge is 0.504 e. The molecule has 6 atom stereocenters. The molecule has 42 heavy (non-hydrogen) atoms. The molecule has 2 saturated carbocycles. The summed E-state index contributed by atoms with van der Waals surface area (Å²) in [7, 11) is 1.70. The molecule has 2 aliphatic heterocycles. The summed E-state index contributed by atoms with van der Waals surface area (Å²) in [6, 6.07) is 8.59. The third-order valence-corrected chi connectivity index (χ3v) is 10.4. The van der Waals surface area contributed by atoms with Gasteiger partial charge in [-0.2, -0.15) is 0 Å². The largest absolute Gasteiger partial charge is 0.573 e. The molecule has 1 amide bonds. The van der Waals surface area contributed by atoms with Gasteiger partial charge >= 0.3 is 6.36 Å². The molecular formula is C32H35F3N2O5. The SMILES string of the molecule is C[C@@H]1C[C@@]2(O)[C@H]3Cc4ccc(O)c5c4[C@@]2(CCN3CC2CC2)[C@@H](O5)[C@@H]1N(C)C(=O)C=Cc1cccc(OC(F)(F)F)c1. The normalized spacial score (nSPS) is 33.3. The van der Waals surface area contributed by atoms with Crippen molar-refractivity contribution < 1.29 is 37.7 Å². The lowest BCUT2D eigenvalue weighted by Crippen LogP contribution is -2.79. The number of likely N-dealkylation sites (tertiary alicyclic amines) is 1. The van der Waals surface area contributed by atoms with Gasteiger partial charge in [-0.15, -0.1) is 13.2 Å². The summed E-state index contributed by atoms with van der Waals surface area (Å²) in [5.41, 5.74) is 0.528. The van der Waals surface area contributed by atoms with Gasteiger partial charge in [-0.1, -0.05) is 25.1 Å². The highest BCUT2D eigenvalue weighted by Gasteiger charge is 2.74. The van der Waals surface area contributed by atoms with Crippen LogP contribution in [0.2, 0.25) is 0 Å². The minimum atomic E-state index is -4.81. The van der Waals surface area contributed by atoms with E-state index in [1.54, 1.807) is 24.1 Å². The van der Waals surface area contributed by atoms with Crippen molar-refractivity contribution in [3.63, 3.8) is 0 Å². The highest BCUT2D eigenvalue weighted by molar-refractivity contribution is 5.92. The molecule has 1 spiro atoms. The van der Waals surface area contributed by atoms with Crippen LogP contribution in [0.1, 0.15) is 49.3 Å². The molecular weight excluding hydrogens is 549 g/mol. The van der Waals surface area contributed by atoms with Gasteiger partial charge in [-0.25, -0.2) is 0 Å². The Kier molecular flexibility index (Phi) is 6.16. The number of aliphatic hydroxyl groups is 1. The van der Waals surface area contributed by atoms with Crippen molar-refractivity contribution in [3.05, 3.63) is 59.2 Å². The van der Waals surface area contributed by atoms with E-state index >= 15 is 0 Å². The van der Waals surface area contributed by atoms with Crippen molar-refractivity contribution in [1.82, 2.24) is 9.80 Å². The minimum Gasteiger partial charge on any atom is -0.504 e. The van der Waals surface area contributed by atoms with Crippen LogP contribution in [-0.2, 0) is 16.6 Å². The molecule has 7 nitrogen and oxygen atoms in total. The summed E-state index contributed by atoms with van der Waals surface area (Å²) < 4.78 is 48.6. The van der Waals surface area contributed by atoms with Crippen molar-refractivity contribution in [1.29, 1.82) is 0 Å². The van der Waals surface area contributed by atoms with Crippen LogP contribution in [0.5, 0.6) is 17.2 Å². The number of aromatic hydroxyl groups is 1. The van der Waals surface area contributed by atoms with Gasteiger partial charge in [-0.05, 0) is 85.9 Å². The lowest BCUT2D eigenvalue weighted by molar-refractivity contribution is -0.274. The predicted octanol–water partition coefficient (Wildman–Crippen LogP) is 4.64. The fourth-order valence-electron chi connectivity index (χ4n) is 8.56. The topological polar surface area (TPSA) is 82.5 Å². The van der Waals surface area contributed by atoms with Gasteiger partial charge in [0, 0.05) is 31.3 Å². The Morgan fingerprint density at radius 1 is 1.26 bits per heavy atom. The number of hydrogen-bond donors (Lipinski definition) is 2. The van der Waals surface area contributed by atoms with E-state index in [1.807, 2.05) is 13.0 Å². The monoisotopic (exact) mass is 584 g/mol. The van der Waals surface area contributed by atoms with Gasteiger partial charge in [-0.3, -0.25) is 9.69 Å². The number of amides is 1. The quantitative estimate of drug-likeness (QED) is 0.482. The summed E-state index contributed by atoms with van der Waals surface area (Å²) in [5.74, 6) is 0.318. The zero-order valence-electron chi connectivity index (χ0n) is 23.6. The molecule has 1 saturated heterocycles. The highest BCUT2D eigenvalue weighted by Crippen LogP contribution is 2.66. The second-order valence-corrected chi connectivity index (χ2v) is 12.9. The Hall–Kier alpha value is -3.24. The van der Waals surface area contributed by atoms with Crippen LogP contribution >= 0.6 is 0 Å². The number of nitrogens with zero attached hydrogens (tertiary/aromatic N) is 2. The van der Waals surface area contributed by atoms with Crippen molar-refractivity contribution >= 4 is 12.0 Å². The first-order valence-corrected chi connectivity index (χ1v) is 14.7. The Morgan fingerprint density at radius 3 is 2.79 bits per heavy atom. The third-order valence-electron chi connectivity index (χ3n) is 10.4. The number of likely N-dealkylation sites (N-methyl/N-ethyl adjacent to an activating group) is 1. The first-order chi connectivity index (χ1) is 19.9. The Morgan fingerprint density at radius 2 is 2.05 bits per heavy atom. The van der Waals surface area contributed by atoms with Gasteiger partial charge in [0.25, 0.3) is 0 Å². The van der Waals surface area contributed by atoms with Crippen LogP contribution in [0, 0.1) is 11.8 Å². The average molecular weight is 585 g/mol. The third kappa shape index (κ3) is 4.12. The Bertz CT molecular complexity index is 1460. The number of phenolic OH excluding ortho intramolecular Hbond substituents is 1. The number of hydrogen-bond acceptors (Lipinski definition) is 6. The lowest BCUT2D eigenvalue weighted by atomic mass is 9.46. The molecule has 0 radical (unpaired) electrons. The molecule has 3 fully saturated rings. The number of carbonyl (C=O) groups is 1. The molecule has 2 heterocycles. The zero-order valence-corrected chi connectivity index (χ0v) is 23.6. The molecule has 224 valence electrons. The van der Waals surface area contributed by atoms with Crippen LogP contribution in [0.25, 0.3) is 6.08 Å². The van der Waals surface area contributed by atoms with E-state index in [9.17, 15) is 28.2 Å². The van der Waals surface area contributed by atoms with E-state index in [4.69, 9.17) is 4.74 Å². The van der Waals surface area contributed by atoms with Crippen molar-refractivity contribution in [2.45, 2.75) is 74.6 Å². The fourth-order valence-corrected chi connectivity index (χ4v) is 8.56. The summed E-state index contributed by atoms with van der Waals surface area (Å²) in [6.45, 7) is 3.82. The number of phenols is 1. The minimum absolute atomic E-state index is 0.0416. The van der Waals surface area contributed by atoms with Crippen molar-refractivity contribution in [2.75, 3.05) is 20.1 Å². The maximum absolute atomic E-state index is 13.5.